The maximum Gasteiger partial charge on any atom is -0.00196 e. The average molecular weight is 453 g/mol. The second-order valence-electron chi connectivity index (χ2n) is 9.71. The van der Waals surface area contributed by atoms with Crippen molar-refractivity contribution in [1.29, 1.82) is 0 Å². The highest BCUT2D eigenvalue weighted by Crippen LogP contribution is 2.31. The molecule has 0 bridgehead atoms. The van der Waals surface area contributed by atoms with Crippen molar-refractivity contribution in [1.82, 2.24) is 0 Å². The first-order chi connectivity index (χ1) is 17.0. The van der Waals surface area contributed by atoms with Gasteiger partial charge in [-0.2, -0.15) is 0 Å². The Balaban J connectivity index is 1.44. The van der Waals surface area contributed by atoms with Gasteiger partial charge in [0.1, 0.15) is 0 Å². The summed E-state index contributed by atoms with van der Waals surface area (Å²) in [7, 11) is 0. The molecule has 5 aromatic rings. The van der Waals surface area contributed by atoms with Crippen molar-refractivity contribution in [3.8, 4) is 22.3 Å². The lowest BCUT2D eigenvalue weighted by molar-refractivity contribution is 1.15. The van der Waals surface area contributed by atoms with E-state index >= 15 is 0 Å². The Kier molecular flexibility index (Phi) is 6.64. The van der Waals surface area contributed by atoms with Crippen LogP contribution in [0.2, 0.25) is 0 Å². The Morgan fingerprint density at radius 1 is 0.429 bits per heavy atom. The van der Waals surface area contributed by atoms with Crippen LogP contribution in [0.5, 0.6) is 0 Å². The molecule has 0 radical (unpaired) electrons. The Bertz CT molecular complexity index is 1420. The topological polar surface area (TPSA) is 0 Å². The molecule has 0 heteroatoms. The lowest BCUT2D eigenvalue weighted by Gasteiger charge is -2.15. The summed E-state index contributed by atoms with van der Waals surface area (Å²) in [6.45, 7) is 6.48. The molecule has 5 rings (SSSR count). The maximum absolute atomic E-state index is 2.40. The third-order valence-corrected chi connectivity index (χ3v) is 6.87. The minimum Gasteiger partial charge on any atom is -0.0620 e. The Hall–Kier alpha value is -3.90. The summed E-state index contributed by atoms with van der Waals surface area (Å²) >= 11 is 0. The van der Waals surface area contributed by atoms with Crippen LogP contribution in [0.3, 0.4) is 0 Å². The Morgan fingerprint density at radius 2 is 0.943 bits per heavy atom. The molecule has 0 atom stereocenters. The summed E-state index contributed by atoms with van der Waals surface area (Å²) in [5.41, 5.74) is 14.5. The molecule has 35 heavy (non-hydrogen) atoms. The van der Waals surface area contributed by atoms with E-state index in [0.29, 0.717) is 0 Å². The van der Waals surface area contributed by atoms with Gasteiger partial charge in [-0.3, -0.25) is 0 Å². The number of hydrogen-bond donors (Lipinski definition) is 0. The molecular formula is C35H32. The minimum absolute atomic E-state index is 0.928. The monoisotopic (exact) mass is 452 g/mol. The van der Waals surface area contributed by atoms with Gasteiger partial charge in [-0.15, -0.1) is 0 Å². The zero-order valence-corrected chi connectivity index (χ0v) is 20.9. The van der Waals surface area contributed by atoms with Gasteiger partial charge in [-0.25, -0.2) is 0 Å². The fraction of sp³-hybridized carbons (Fsp3) is 0.143. The van der Waals surface area contributed by atoms with E-state index in [-0.39, 0.29) is 0 Å². The second kappa shape index (κ2) is 10.2. The third-order valence-electron chi connectivity index (χ3n) is 6.87. The molecule has 0 nitrogen and oxygen atoms in total. The van der Waals surface area contributed by atoms with Gasteiger partial charge < -0.3 is 0 Å². The fourth-order valence-corrected chi connectivity index (χ4v) is 4.74. The molecule has 0 unspecified atom stereocenters. The van der Waals surface area contributed by atoms with Crippen molar-refractivity contribution < 1.29 is 0 Å². The molecule has 5 aromatic carbocycles. The van der Waals surface area contributed by atoms with E-state index in [4.69, 9.17) is 0 Å². The molecule has 0 aliphatic heterocycles. The van der Waals surface area contributed by atoms with Crippen molar-refractivity contribution in [2.45, 2.75) is 33.6 Å². The molecule has 0 aliphatic carbocycles. The molecule has 0 aliphatic rings. The summed E-state index contributed by atoms with van der Waals surface area (Å²) in [6, 6.07) is 42.5. The smallest absolute Gasteiger partial charge is 0.00196 e. The van der Waals surface area contributed by atoms with Gasteiger partial charge in [0.25, 0.3) is 0 Å². The zero-order valence-electron chi connectivity index (χ0n) is 20.9. The predicted molar refractivity (Wildman–Crippen MR) is 150 cm³/mol. The lowest BCUT2D eigenvalue weighted by atomic mass is 9.89. The number of benzene rings is 5. The first-order valence-electron chi connectivity index (χ1n) is 12.4. The third kappa shape index (κ3) is 5.44. The van der Waals surface area contributed by atoms with Crippen molar-refractivity contribution in [3.63, 3.8) is 0 Å². The number of aryl methyl sites for hydroxylation is 3. The highest BCUT2D eigenvalue weighted by atomic mass is 14.1. The summed E-state index contributed by atoms with van der Waals surface area (Å²) in [5, 5.41) is 0. The van der Waals surface area contributed by atoms with Gasteiger partial charge in [-0.05, 0) is 83.7 Å². The van der Waals surface area contributed by atoms with E-state index < -0.39 is 0 Å². The standard InChI is InChI=1S/C35H32/c1-25-8-12-29(13-9-25)23-33-21-16-30(24-35(33)34-7-5-4-6-27(34)3)22-28-14-19-32(20-15-28)31-17-10-26(2)11-18-31/h4-21,24H,22-23H2,1-3H3. The quantitative estimate of drug-likeness (QED) is 0.241. The highest BCUT2D eigenvalue weighted by Gasteiger charge is 2.11. The zero-order chi connectivity index (χ0) is 24.2. The molecule has 0 saturated carbocycles. The van der Waals surface area contributed by atoms with Gasteiger partial charge in [0.2, 0.25) is 0 Å². The lowest BCUT2D eigenvalue weighted by Crippen LogP contribution is -1.97. The molecule has 0 spiro atoms. The van der Waals surface area contributed by atoms with Crippen LogP contribution in [0.4, 0.5) is 0 Å². The molecule has 0 amide bonds. The van der Waals surface area contributed by atoms with E-state index in [1.165, 1.54) is 61.2 Å². The van der Waals surface area contributed by atoms with Gasteiger partial charge in [0, 0.05) is 0 Å². The Morgan fingerprint density at radius 3 is 1.60 bits per heavy atom. The van der Waals surface area contributed by atoms with Crippen LogP contribution in [0.25, 0.3) is 22.3 Å². The van der Waals surface area contributed by atoms with Crippen molar-refractivity contribution in [3.05, 3.63) is 154 Å². The largest absolute Gasteiger partial charge is 0.0620 e. The molecule has 0 heterocycles. The number of hydrogen-bond acceptors (Lipinski definition) is 0. The van der Waals surface area contributed by atoms with Crippen molar-refractivity contribution >= 4 is 0 Å². The molecule has 172 valence electrons. The Labute approximate surface area is 209 Å². The van der Waals surface area contributed by atoms with Crippen LogP contribution in [0.15, 0.2) is 115 Å². The SMILES string of the molecule is Cc1ccc(Cc2ccc(Cc3ccc(-c4ccc(C)cc4)cc3)cc2-c2ccccc2C)cc1. The highest BCUT2D eigenvalue weighted by molar-refractivity contribution is 5.72. The first-order valence-corrected chi connectivity index (χ1v) is 12.4. The summed E-state index contributed by atoms with van der Waals surface area (Å²) < 4.78 is 0. The van der Waals surface area contributed by atoms with Gasteiger partial charge in [0.15, 0.2) is 0 Å². The minimum atomic E-state index is 0.928. The van der Waals surface area contributed by atoms with Crippen LogP contribution < -0.4 is 0 Å². The van der Waals surface area contributed by atoms with Crippen LogP contribution in [0, 0.1) is 20.8 Å². The fourth-order valence-electron chi connectivity index (χ4n) is 4.74. The van der Waals surface area contributed by atoms with E-state index in [9.17, 15) is 0 Å². The van der Waals surface area contributed by atoms with Crippen molar-refractivity contribution in [2.75, 3.05) is 0 Å². The first kappa shape index (κ1) is 22.9. The normalized spacial score (nSPS) is 10.9. The summed E-state index contributed by atoms with van der Waals surface area (Å²) in [6.07, 6.45) is 1.87. The molecule has 0 saturated heterocycles. The second-order valence-corrected chi connectivity index (χ2v) is 9.71. The van der Waals surface area contributed by atoms with Crippen LogP contribution in [-0.2, 0) is 12.8 Å². The van der Waals surface area contributed by atoms with Crippen LogP contribution in [-0.4, -0.2) is 0 Å². The molecule has 0 N–H and O–H groups in total. The van der Waals surface area contributed by atoms with Gasteiger partial charge in [0.05, 0.1) is 0 Å². The maximum atomic E-state index is 2.40. The van der Waals surface area contributed by atoms with Crippen molar-refractivity contribution in [2.24, 2.45) is 0 Å². The molecular weight excluding hydrogens is 420 g/mol. The van der Waals surface area contributed by atoms with Crippen LogP contribution >= 0.6 is 0 Å². The number of rotatable bonds is 6. The molecule has 0 fully saturated rings. The van der Waals surface area contributed by atoms with E-state index in [1.54, 1.807) is 0 Å². The van der Waals surface area contributed by atoms with E-state index in [1.807, 2.05) is 0 Å². The van der Waals surface area contributed by atoms with Crippen LogP contribution in [0.1, 0.15) is 38.9 Å². The summed E-state index contributed by atoms with van der Waals surface area (Å²) in [5.74, 6) is 0. The van der Waals surface area contributed by atoms with E-state index in [0.717, 1.165) is 12.8 Å². The predicted octanol–water partition coefficient (Wildman–Crippen LogP) is 9.13. The average Bonchev–Trinajstić information content (AvgIpc) is 2.88. The molecule has 0 aromatic heterocycles. The van der Waals surface area contributed by atoms with Gasteiger partial charge >= 0.3 is 0 Å². The summed E-state index contributed by atoms with van der Waals surface area (Å²) in [4.78, 5) is 0. The van der Waals surface area contributed by atoms with E-state index in [2.05, 4.69) is 136 Å². The van der Waals surface area contributed by atoms with Gasteiger partial charge in [-0.1, -0.05) is 126 Å².